The molecule has 0 saturated carbocycles. The molecule has 3 rings (SSSR count). The third-order valence-corrected chi connectivity index (χ3v) is 2.71. The van der Waals surface area contributed by atoms with E-state index < -0.39 is 6.29 Å². The summed E-state index contributed by atoms with van der Waals surface area (Å²) in [5, 5.41) is 3.04. The molecule has 0 unspecified atom stereocenters. The van der Waals surface area contributed by atoms with Gasteiger partial charge in [-0.1, -0.05) is 6.08 Å². The van der Waals surface area contributed by atoms with Crippen molar-refractivity contribution < 1.29 is 18.3 Å². The number of nitrogens with one attached hydrogen (secondary N) is 1. The van der Waals surface area contributed by atoms with E-state index in [1.165, 1.54) is 12.1 Å². The molecule has 20 heavy (non-hydrogen) atoms. The summed E-state index contributed by atoms with van der Waals surface area (Å²) in [7, 11) is 0. The van der Waals surface area contributed by atoms with Gasteiger partial charge in [0.2, 0.25) is 5.95 Å². The Hall–Kier alpha value is -2.57. The number of benzene rings is 1. The van der Waals surface area contributed by atoms with Gasteiger partial charge in [-0.25, -0.2) is 4.98 Å². The molecular weight excluding hydrogens is 268 g/mol. The lowest BCUT2D eigenvalue weighted by Crippen LogP contribution is -2.25. The molecule has 5 nitrogen and oxygen atoms in total. The van der Waals surface area contributed by atoms with E-state index in [1.54, 1.807) is 29.1 Å². The first-order valence-corrected chi connectivity index (χ1v) is 5.87. The predicted molar refractivity (Wildman–Crippen MR) is 68.5 cm³/mol. The fourth-order valence-corrected chi connectivity index (χ4v) is 1.89. The molecule has 1 aromatic heterocycles. The van der Waals surface area contributed by atoms with Crippen LogP contribution in [0.15, 0.2) is 43.2 Å². The van der Waals surface area contributed by atoms with E-state index in [1.807, 2.05) is 0 Å². The number of rotatable bonds is 4. The molecule has 0 amide bonds. The first kappa shape index (κ1) is 12.5. The zero-order valence-electron chi connectivity index (χ0n) is 10.3. The molecule has 2 heterocycles. The quantitative estimate of drug-likeness (QED) is 0.874. The first-order valence-electron chi connectivity index (χ1n) is 5.87. The maximum atomic E-state index is 13.0. The van der Waals surface area contributed by atoms with Crippen LogP contribution in [0.4, 0.5) is 14.7 Å². The molecule has 0 radical (unpaired) electrons. The van der Waals surface area contributed by atoms with Crippen molar-refractivity contribution in [3.05, 3.63) is 43.2 Å². The molecule has 0 bridgehead atoms. The van der Waals surface area contributed by atoms with E-state index in [2.05, 4.69) is 26.4 Å². The molecule has 0 fully saturated rings. The number of ether oxygens (including phenoxy) is 2. The summed E-state index contributed by atoms with van der Waals surface area (Å²) in [6.07, 6.45) is 1.39. The Kier molecular flexibility index (Phi) is 2.81. The summed E-state index contributed by atoms with van der Waals surface area (Å²) in [6, 6.07) is 4.55. The molecule has 1 aliphatic heterocycles. The molecule has 2 aromatic rings. The van der Waals surface area contributed by atoms with Crippen LogP contribution in [-0.4, -0.2) is 22.4 Å². The zero-order valence-corrected chi connectivity index (χ0v) is 10.3. The van der Waals surface area contributed by atoms with Gasteiger partial charge in [-0.15, -0.1) is 15.4 Å². The van der Waals surface area contributed by atoms with E-state index in [0.29, 0.717) is 18.2 Å². The van der Waals surface area contributed by atoms with Gasteiger partial charge in [-0.3, -0.25) is 4.57 Å². The summed E-state index contributed by atoms with van der Waals surface area (Å²) in [4.78, 5) is 4.14. The van der Waals surface area contributed by atoms with Crippen LogP contribution in [0.5, 0.6) is 11.5 Å². The van der Waals surface area contributed by atoms with Crippen LogP contribution in [0.3, 0.4) is 0 Å². The monoisotopic (exact) mass is 279 g/mol. The zero-order chi connectivity index (χ0) is 14.2. The Balaban J connectivity index is 1.93. The molecule has 7 heteroatoms. The SMILES string of the molecule is C=CCNc1nccn1-c1ccc2c(c1)OC(F)(F)O2. The highest BCUT2D eigenvalue weighted by Gasteiger charge is 2.43. The van der Waals surface area contributed by atoms with Gasteiger partial charge >= 0.3 is 6.29 Å². The van der Waals surface area contributed by atoms with Crippen LogP contribution in [0.25, 0.3) is 5.69 Å². The Labute approximate surface area is 113 Å². The standard InChI is InChI=1S/C13H11F2N3O2/c1-2-5-16-12-17-6-7-18(12)9-3-4-10-11(8-9)20-13(14,15)19-10/h2-4,6-8H,1,5H2,(H,16,17). The highest BCUT2D eigenvalue weighted by molar-refractivity contribution is 5.53. The number of anilines is 1. The van der Waals surface area contributed by atoms with Crippen LogP contribution >= 0.6 is 0 Å². The van der Waals surface area contributed by atoms with Crippen LogP contribution in [0, 0.1) is 0 Å². The Morgan fingerprint density at radius 3 is 2.95 bits per heavy atom. The molecule has 0 atom stereocenters. The van der Waals surface area contributed by atoms with Crippen LogP contribution in [0.1, 0.15) is 0 Å². The van der Waals surface area contributed by atoms with Crippen molar-refractivity contribution in [2.45, 2.75) is 6.29 Å². The molecule has 1 aliphatic rings. The fourth-order valence-electron chi connectivity index (χ4n) is 1.89. The molecule has 1 N–H and O–H groups in total. The van der Waals surface area contributed by atoms with Crippen molar-refractivity contribution in [1.82, 2.24) is 9.55 Å². The van der Waals surface area contributed by atoms with Crippen molar-refractivity contribution in [3.63, 3.8) is 0 Å². The minimum Gasteiger partial charge on any atom is -0.395 e. The number of hydrogen-bond acceptors (Lipinski definition) is 4. The fraction of sp³-hybridized carbons (Fsp3) is 0.154. The number of imidazole rings is 1. The predicted octanol–water partition coefficient (Wildman–Crippen LogP) is 2.79. The molecule has 0 spiro atoms. The molecule has 1 aromatic carbocycles. The van der Waals surface area contributed by atoms with Crippen molar-refractivity contribution in [3.8, 4) is 17.2 Å². The van der Waals surface area contributed by atoms with Gasteiger partial charge in [0.1, 0.15) is 0 Å². The third kappa shape index (κ3) is 2.18. The number of fused-ring (bicyclic) bond motifs is 1. The second-order valence-corrected chi connectivity index (χ2v) is 4.09. The summed E-state index contributed by atoms with van der Waals surface area (Å²) >= 11 is 0. The van der Waals surface area contributed by atoms with E-state index in [-0.39, 0.29) is 11.5 Å². The second kappa shape index (κ2) is 4.52. The van der Waals surface area contributed by atoms with Gasteiger partial charge in [0.05, 0.1) is 5.69 Å². The number of nitrogens with zero attached hydrogens (tertiary/aromatic N) is 2. The van der Waals surface area contributed by atoms with E-state index >= 15 is 0 Å². The van der Waals surface area contributed by atoms with Gasteiger partial charge in [-0.05, 0) is 12.1 Å². The van der Waals surface area contributed by atoms with Gasteiger partial charge in [0.15, 0.2) is 11.5 Å². The minimum absolute atomic E-state index is 0.00382. The summed E-state index contributed by atoms with van der Waals surface area (Å²) in [5.74, 6) is 0.589. The smallest absolute Gasteiger partial charge is 0.395 e. The number of hydrogen-bond donors (Lipinski definition) is 1. The summed E-state index contributed by atoms with van der Waals surface area (Å²) < 4.78 is 36.4. The van der Waals surface area contributed by atoms with E-state index in [4.69, 9.17) is 0 Å². The minimum atomic E-state index is -3.61. The Morgan fingerprint density at radius 1 is 1.35 bits per heavy atom. The van der Waals surface area contributed by atoms with Crippen molar-refractivity contribution in [2.75, 3.05) is 11.9 Å². The van der Waals surface area contributed by atoms with Crippen molar-refractivity contribution in [1.29, 1.82) is 0 Å². The number of aromatic nitrogens is 2. The lowest BCUT2D eigenvalue weighted by atomic mass is 10.3. The lowest BCUT2D eigenvalue weighted by Gasteiger charge is -2.09. The number of alkyl halides is 2. The van der Waals surface area contributed by atoms with Gasteiger partial charge in [-0.2, -0.15) is 0 Å². The second-order valence-electron chi connectivity index (χ2n) is 4.09. The highest BCUT2D eigenvalue weighted by atomic mass is 19.3. The van der Waals surface area contributed by atoms with Crippen LogP contribution in [0.2, 0.25) is 0 Å². The van der Waals surface area contributed by atoms with Gasteiger partial charge in [0.25, 0.3) is 0 Å². The summed E-state index contributed by atoms with van der Waals surface area (Å²) in [5.41, 5.74) is 0.633. The van der Waals surface area contributed by atoms with Gasteiger partial charge in [0, 0.05) is 25.0 Å². The Bertz CT molecular complexity index is 655. The lowest BCUT2D eigenvalue weighted by molar-refractivity contribution is -0.286. The van der Waals surface area contributed by atoms with Crippen LogP contribution < -0.4 is 14.8 Å². The van der Waals surface area contributed by atoms with E-state index in [9.17, 15) is 8.78 Å². The largest absolute Gasteiger partial charge is 0.586 e. The van der Waals surface area contributed by atoms with Gasteiger partial charge < -0.3 is 14.8 Å². The molecule has 0 saturated heterocycles. The van der Waals surface area contributed by atoms with Crippen LogP contribution in [-0.2, 0) is 0 Å². The number of halogens is 2. The third-order valence-electron chi connectivity index (χ3n) is 2.71. The maximum absolute atomic E-state index is 13.0. The topological polar surface area (TPSA) is 48.3 Å². The van der Waals surface area contributed by atoms with Crippen molar-refractivity contribution >= 4 is 5.95 Å². The molecule has 0 aliphatic carbocycles. The van der Waals surface area contributed by atoms with Crippen molar-refractivity contribution in [2.24, 2.45) is 0 Å². The highest BCUT2D eigenvalue weighted by Crippen LogP contribution is 2.42. The first-order chi connectivity index (χ1) is 9.59. The molecular formula is C13H11F2N3O2. The average molecular weight is 279 g/mol. The van der Waals surface area contributed by atoms with E-state index in [0.717, 1.165) is 0 Å². The maximum Gasteiger partial charge on any atom is 0.586 e. The molecule has 104 valence electrons. The average Bonchev–Trinajstić information content (AvgIpc) is 2.97. The summed E-state index contributed by atoms with van der Waals surface area (Å²) in [6.45, 7) is 4.15. The normalized spacial score (nSPS) is 15.1. The Morgan fingerprint density at radius 2 is 2.15 bits per heavy atom.